The van der Waals surface area contributed by atoms with E-state index in [-0.39, 0.29) is 24.0 Å². The van der Waals surface area contributed by atoms with Gasteiger partial charge in [-0.25, -0.2) is 0 Å². The van der Waals surface area contributed by atoms with Crippen molar-refractivity contribution < 1.29 is 5.11 Å². The van der Waals surface area contributed by atoms with Gasteiger partial charge in [0.15, 0.2) is 5.96 Å². The summed E-state index contributed by atoms with van der Waals surface area (Å²) in [6, 6.07) is 0.506. The number of hydrogen-bond acceptors (Lipinski definition) is 3. The number of halogens is 1. The fraction of sp³-hybridized carbons (Fsp3) is 0.938. The average Bonchev–Trinajstić information content (AvgIpc) is 2.45. The molecule has 2 rings (SSSR count). The Bertz CT molecular complexity index is 339. The van der Waals surface area contributed by atoms with Crippen molar-refractivity contribution >= 4 is 29.9 Å². The third kappa shape index (κ3) is 6.20. The number of guanidine groups is 1. The number of nitrogens with one attached hydrogen (secondary N) is 2. The van der Waals surface area contributed by atoms with Crippen LogP contribution in [0, 0.1) is 0 Å². The molecule has 5 nitrogen and oxygen atoms in total. The summed E-state index contributed by atoms with van der Waals surface area (Å²) in [4.78, 5) is 7.13. The molecule has 0 aromatic rings. The van der Waals surface area contributed by atoms with Crippen molar-refractivity contribution in [1.29, 1.82) is 0 Å². The highest BCUT2D eigenvalue weighted by atomic mass is 127. The summed E-state index contributed by atoms with van der Waals surface area (Å²) in [5.41, 5.74) is -0.535. The number of piperidine rings is 1. The van der Waals surface area contributed by atoms with Crippen molar-refractivity contribution in [3.63, 3.8) is 0 Å². The van der Waals surface area contributed by atoms with Gasteiger partial charge >= 0.3 is 0 Å². The molecule has 130 valence electrons. The van der Waals surface area contributed by atoms with E-state index in [0.29, 0.717) is 12.6 Å². The first-order valence-corrected chi connectivity index (χ1v) is 8.65. The number of aliphatic hydroxyl groups is 1. The van der Waals surface area contributed by atoms with Gasteiger partial charge in [-0.1, -0.05) is 6.92 Å². The molecule has 2 aliphatic rings. The van der Waals surface area contributed by atoms with Gasteiger partial charge in [0.05, 0.1) is 12.1 Å². The van der Waals surface area contributed by atoms with Crippen molar-refractivity contribution in [2.45, 2.75) is 64.0 Å². The Kier molecular flexibility index (Phi) is 9.01. The van der Waals surface area contributed by atoms with Crippen LogP contribution in [0.2, 0.25) is 0 Å². The minimum atomic E-state index is -0.535. The highest BCUT2D eigenvalue weighted by molar-refractivity contribution is 14.0. The van der Waals surface area contributed by atoms with Gasteiger partial charge in [0.2, 0.25) is 0 Å². The summed E-state index contributed by atoms with van der Waals surface area (Å²) in [5, 5.41) is 17.0. The van der Waals surface area contributed by atoms with Crippen molar-refractivity contribution in [2.75, 3.05) is 32.7 Å². The molecule has 0 unspecified atom stereocenters. The zero-order valence-corrected chi connectivity index (χ0v) is 16.4. The van der Waals surface area contributed by atoms with E-state index in [1.54, 1.807) is 0 Å². The second-order valence-electron chi connectivity index (χ2n) is 6.53. The molecule has 0 bridgehead atoms. The molecule has 3 N–H and O–H groups in total. The molecule has 1 aliphatic heterocycles. The standard InChI is InChI=1S/C16H32N4O.HI/c1-3-10-20-11-6-14(7-12-20)19-15(17-4-2)18-13-16(21)8-5-9-16;/h14,21H,3-13H2,1-2H3,(H2,17,18,19);1H. The Morgan fingerprint density at radius 2 is 1.95 bits per heavy atom. The molecule has 1 aliphatic carbocycles. The van der Waals surface area contributed by atoms with Gasteiger partial charge in [0, 0.05) is 25.7 Å². The fourth-order valence-electron chi connectivity index (χ4n) is 3.10. The van der Waals surface area contributed by atoms with E-state index < -0.39 is 5.60 Å². The topological polar surface area (TPSA) is 59.9 Å². The normalized spacial score (nSPS) is 22.6. The predicted octanol–water partition coefficient (Wildman–Crippen LogP) is 1.95. The van der Waals surface area contributed by atoms with E-state index in [4.69, 9.17) is 0 Å². The van der Waals surface area contributed by atoms with Crippen LogP contribution in [0.1, 0.15) is 52.4 Å². The highest BCUT2D eigenvalue weighted by Gasteiger charge is 2.34. The molecular weight excluding hydrogens is 391 g/mol. The number of likely N-dealkylation sites (tertiary alicyclic amines) is 1. The zero-order chi connectivity index (χ0) is 15.1. The number of nitrogens with zero attached hydrogens (tertiary/aromatic N) is 2. The van der Waals surface area contributed by atoms with Gasteiger partial charge in [0.1, 0.15) is 0 Å². The summed E-state index contributed by atoms with van der Waals surface area (Å²) in [6.07, 6.45) is 6.51. The largest absolute Gasteiger partial charge is 0.388 e. The predicted molar refractivity (Wildman–Crippen MR) is 103 cm³/mol. The first-order chi connectivity index (χ1) is 10.1. The molecule has 2 fully saturated rings. The molecule has 0 atom stereocenters. The van der Waals surface area contributed by atoms with Crippen LogP contribution in [-0.2, 0) is 0 Å². The van der Waals surface area contributed by atoms with Gasteiger partial charge < -0.3 is 20.6 Å². The monoisotopic (exact) mass is 424 g/mol. The van der Waals surface area contributed by atoms with Gasteiger partial charge in [-0.3, -0.25) is 4.99 Å². The summed E-state index contributed by atoms with van der Waals surface area (Å²) < 4.78 is 0. The summed E-state index contributed by atoms with van der Waals surface area (Å²) >= 11 is 0. The van der Waals surface area contributed by atoms with Crippen LogP contribution >= 0.6 is 24.0 Å². The Labute approximate surface area is 152 Å². The Morgan fingerprint density at radius 3 is 2.45 bits per heavy atom. The molecule has 0 aromatic carbocycles. The van der Waals surface area contributed by atoms with E-state index in [9.17, 15) is 5.11 Å². The van der Waals surface area contributed by atoms with E-state index >= 15 is 0 Å². The average molecular weight is 424 g/mol. The number of rotatable bonds is 6. The second-order valence-corrected chi connectivity index (χ2v) is 6.53. The molecule has 6 heteroatoms. The quantitative estimate of drug-likeness (QED) is 0.347. The number of aliphatic imine (C=N–C) groups is 1. The molecular formula is C16H33IN4O. The van der Waals surface area contributed by atoms with Crippen LogP contribution in [-0.4, -0.2) is 60.3 Å². The first-order valence-electron chi connectivity index (χ1n) is 8.65. The minimum absolute atomic E-state index is 0. The molecule has 22 heavy (non-hydrogen) atoms. The maximum atomic E-state index is 10.2. The Balaban J connectivity index is 0.00000242. The molecule has 1 heterocycles. The van der Waals surface area contributed by atoms with E-state index in [1.165, 1.54) is 38.9 Å². The van der Waals surface area contributed by atoms with Crippen molar-refractivity contribution in [2.24, 2.45) is 4.99 Å². The SMILES string of the molecule is CCCN1CCC(NC(=NCC2(O)CCC2)NCC)CC1.I. The van der Waals surface area contributed by atoms with Crippen LogP contribution in [0.15, 0.2) is 4.99 Å². The third-order valence-corrected chi connectivity index (χ3v) is 4.63. The van der Waals surface area contributed by atoms with E-state index in [1.807, 2.05) is 0 Å². The first kappa shape index (κ1) is 20.0. The molecule has 0 radical (unpaired) electrons. The lowest BCUT2D eigenvalue weighted by Gasteiger charge is -2.36. The molecule has 0 amide bonds. The lowest BCUT2D eigenvalue weighted by molar-refractivity contribution is -0.0236. The van der Waals surface area contributed by atoms with Gasteiger partial charge in [0.25, 0.3) is 0 Å². The maximum absolute atomic E-state index is 10.2. The Hall–Kier alpha value is -0.0800. The third-order valence-electron chi connectivity index (χ3n) is 4.63. The van der Waals surface area contributed by atoms with Crippen LogP contribution in [0.3, 0.4) is 0 Å². The smallest absolute Gasteiger partial charge is 0.191 e. The van der Waals surface area contributed by atoms with E-state index in [0.717, 1.165) is 31.8 Å². The van der Waals surface area contributed by atoms with Crippen LogP contribution < -0.4 is 10.6 Å². The minimum Gasteiger partial charge on any atom is -0.388 e. The molecule has 0 aromatic heterocycles. The molecule has 1 saturated heterocycles. The lowest BCUT2D eigenvalue weighted by atomic mass is 9.80. The zero-order valence-electron chi connectivity index (χ0n) is 14.1. The van der Waals surface area contributed by atoms with Crippen LogP contribution in [0.25, 0.3) is 0 Å². The second kappa shape index (κ2) is 9.93. The highest BCUT2D eigenvalue weighted by Crippen LogP contribution is 2.31. The maximum Gasteiger partial charge on any atom is 0.191 e. The van der Waals surface area contributed by atoms with Gasteiger partial charge in [-0.2, -0.15) is 0 Å². The lowest BCUT2D eigenvalue weighted by Crippen LogP contribution is -2.49. The van der Waals surface area contributed by atoms with Crippen molar-refractivity contribution in [1.82, 2.24) is 15.5 Å². The molecule has 0 spiro atoms. The fourth-order valence-corrected chi connectivity index (χ4v) is 3.10. The van der Waals surface area contributed by atoms with Crippen LogP contribution in [0.5, 0.6) is 0 Å². The molecule has 1 saturated carbocycles. The number of hydrogen-bond donors (Lipinski definition) is 3. The van der Waals surface area contributed by atoms with Crippen molar-refractivity contribution in [3.8, 4) is 0 Å². The van der Waals surface area contributed by atoms with Gasteiger partial charge in [-0.05, 0) is 52.0 Å². The van der Waals surface area contributed by atoms with Crippen molar-refractivity contribution in [3.05, 3.63) is 0 Å². The van der Waals surface area contributed by atoms with Crippen LogP contribution in [0.4, 0.5) is 0 Å². The van der Waals surface area contributed by atoms with Gasteiger partial charge in [-0.15, -0.1) is 24.0 Å². The Morgan fingerprint density at radius 1 is 1.27 bits per heavy atom. The summed E-state index contributed by atoms with van der Waals surface area (Å²) in [5.74, 6) is 0.867. The summed E-state index contributed by atoms with van der Waals surface area (Å²) in [6.45, 7) is 9.28. The van der Waals surface area contributed by atoms with E-state index in [2.05, 4.69) is 34.4 Å². The summed E-state index contributed by atoms with van der Waals surface area (Å²) in [7, 11) is 0.